The fraction of sp³-hybridized carbons (Fsp3) is 0.273. The van der Waals surface area contributed by atoms with Crippen molar-refractivity contribution in [2.45, 2.75) is 13.5 Å². The minimum absolute atomic E-state index is 0.203. The van der Waals surface area contributed by atoms with Crippen molar-refractivity contribution in [3.05, 3.63) is 34.7 Å². The normalized spacial score (nSPS) is 8.64. The lowest BCUT2D eigenvalue weighted by Crippen LogP contribution is -1.93. The van der Waals surface area contributed by atoms with Gasteiger partial charge in [-0.2, -0.15) is 4.91 Å². The van der Waals surface area contributed by atoms with Gasteiger partial charge in [-0.3, -0.25) is 0 Å². The quantitative estimate of drug-likeness (QED) is 0.538. The highest BCUT2D eigenvalue weighted by atomic mass is 16.5. The second-order valence-electron chi connectivity index (χ2n) is 2.65. The molecule has 14 heavy (non-hydrogen) atoms. The average Bonchev–Trinajstić information content (AvgIpc) is 2.21. The summed E-state index contributed by atoms with van der Waals surface area (Å²) in [5.74, 6) is 6.29. The summed E-state index contributed by atoms with van der Waals surface area (Å²) in [6.07, 6.45) is 0. The van der Waals surface area contributed by atoms with Crippen LogP contribution in [0.25, 0.3) is 0 Å². The van der Waals surface area contributed by atoms with E-state index in [0.717, 1.165) is 11.3 Å². The molecule has 0 aliphatic carbocycles. The third-order valence-corrected chi connectivity index (χ3v) is 1.66. The van der Waals surface area contributed by atoms with E-state index in [4.69, 9.17) is 4.74 Å². The predicted molar refractivity (Wildman–Crippen MR) is 54.9 cm³/mol. The number of rotatable bonds is 4. The van der Waals surface area contributed by atoms with Gasteiger partial charge in [0.25, 0.3) is 0 Å². The molecular weight excluding hydrogens is 178 g/mol. The molecule has 0 bridgehead atoms. The first-order valence-electron chi connectivity index (χ1n) is 4.27. The van der Waals surface area contributed by atoms with Gasteiger partial charge in [-0.15, -0.1) is 5.92 Å². The van der Waals surface area contributed by atoms with Crippen LogP contribution in [0.1, 0.15) is 12.5 Å². The molecule has 0 saturated heterocycles. The van der Waals surface area contributed by atoms with E-state index in [9.17, 15) is 4.91 Å². The summed E-state index contributed by atoms with van der Waals surface area (Å²) >= 11 is 0. The van der Waals surface area contributed by atoms with Crippen LogP contribution in [-0.4, -0.2) is 6.61 Å². The van der Waals surface area contributed by atoms with E-state index < -0.39 is 0 Å². The molecule has 0 fully saturated rings. The van der Waals surface area contributed by atoms with Gasteiger partial charge in [0.15, 0.2) is 0 Å². The molecule has 3 heteroatoms. The van der Waals surface area contributed by atoms with E-state index in [0.29, 0.717) is 6.61 Å². The van der Waals surface area contributed by atoms with Crippen LogP contribution in [0.4, 0.5) is 0 Å². The Hall–Kier alpha value is -1.82. The Morgan fingerprint density at radius 1 is 1.36 bits per heavy atom. The molecule has 0 saturated carbocycles. The van der Waals surface area contributed by atoms with Crippen LogP contribution in [0.5, 0.6) is 5.75 Å². The topological polar surface area (TPSA) is 38.7 Å². The Bertz CT molecular complexity index is 346. The molecule has 0 spiro atoms. The number of nitrogens with zero attached hydrogens (tertiary/aromatic N) is 1. The first kappa shape index (κ1) is 10.3. The SMILES string of the molecule is CC#CCOc1ccc(CN=O)cc1. The van der Waals surface area contributed by atoms with Gasteiger partial charge in [0.05, 0.1) is 0 Å². The van der Waals surface area contributed by atoms with Crippen molar-refractivity contribution in [3.8, 4) is 17.6 Å². The van der Waals surface area contributed by atoms with Crippen molar-refractivity contribution in [1.82, 2.24) is 0 Å². The summed E-state index contributed by atoms with van der Waals surface area (Å²) in [5.41, 5.74) is 0.883. The van der Waals surface area contributed by atoms with Gasteiger partial charge in [-0.1, -0.05) is 23.2 Å². The Labute approximate surface area is 83.1 Å². The van der Waals surface area contributed by atoms with E-state index in [1.54, 1.807) is 19.1 Å². The molecule has 1 rings (SSSR count). The highest BCUT2D eigenvalue weighted by Crippen LogP contribution is 2.12. The molecular formula is C11H11NO2. The maximum Gasteiger partial charge on any atom is 0.149 e. The number of nitroso groups, excluding NO2 is 1. The van der Waals surface area contributed by atoms with Crippen LogP contribution >= 0.6 is 0 Å². The first-order chi connectivity index (χ1) is 6.86. The zero-order valence-electron chi connectivity index (χ0n) is 7.99. The predicted octanol–water partition coefficient (Wildman–Crippen LogP) is 2.36. The summed E-state index contributed by atoms with van der Waals surface area (Å²) in [6.45, 7) is 2.36. The Balaban J connectivity index is 2.53. The van der Waals surface area contributed by atoms with Crippen LogP contribution in [0, 0.1) is 16.7 Å². The number of ether oxygens (including phenoxy) is 1. The zero-order valence-corrected chi connectivity index (χ0v) is 7.99. The first-order valence-corrected chi connectivity index (χ1v) is 4.27. The van der Waals surface area contributed by atoms with E-state index in [1.165, 1.54) is 0 Å². The smallest absolute Gasteiger partial charge is 0.149 e. The largest absolute Gasteiger partial charge is 0.481 e. The summed E-state index contributed by atoms with van der Waals surface area (Å²) in [6, 6.07) is 7.24. The zero-order chi connectivity index (χ0) is 10.2. The highest BCUT2D eigenvalue weighted by molar-refractivity contribution is 5.27. The number of benzene rings is 1. The summed E-state index contributed by atoms with van der Waals surface area (Å²) < 4.78 is 5.30. The second-order valence-corrected chi connectivity index (χ2v) is 2.65. The fourth-order valence-corrected chi connectivity index (χ4v) is 0.957. The van der Waals surface area contributed by atoms with Gasteiger partial charge in [-0.25, -0.2) is 0 Å². The molecule has 1 aromatic rings. The highest BCUT2D eigenvalue weighted by Gasteiger charge is 1.93. The molecule has 0 radical (unpaired) electrons. The minimum Gasteiger partial charge on any atom is -0.481 e. The molecule has 0 unspecified atom stereocenters. The van der Waals surface area contributed by atoms with Crippen LogP contribution in [0.2, 0.25) is 0 Å². The minimum atomic E-state index is 0.203. The van der Waals surface area contributed by atoms with Crippen LogP contribution in [-0.2, 0) is 6.54 Å². The van der Waals surface area contributed by atoms with E-state index in [2.05, 4.69) is 17.0 Å². The third kappa shape index (κ3) is 3.28. The molecule has 0 atom stereocenters. The average molecular weight is 189 g/mol. The molecule has 0 aliphatic heterocycles. The van der Waals surface area contributed by atoms with Crippen LogP contribution in [0.15, 0.2) is 29.4 Å². The Morgan fingerprint density at radius 2 is 2.07 bits per heavy atom. The van der Waals surface area contributed by atoms with E-state index >= 15 is 0 Å². The maximum absolute atomic E-state index is 9.97. The van der Waals surface area contributed by atoms with Gasteiger partial charge >= 0.3 is 0 Å². The van der Waals surface area contributed by atoms with Gasteiger partial charge < -0.3 is 4.74 Å². The summed E-state index contributed by atoms with van der Waals surface area (Å²) in [5, 5.41) is 2.80. The molecule has 3 nitrogen and oxygen atoms in total. The third-order valence-electron chi connectivity index (χ3n) is 1.66. The number of hydrogen-bond acceptors (Lipinski definition) is 3. The standard InChI is InChI=1S/C11H11NO2/c1-2-3-8-14-11-6-4-10(5-7-11)9-12-13/h4-7H,8-9H2,1H3. The van der Waals surface area contributed by atoms with Gasteiger partial charge in [0.1, 0.15) is 18.9 Å². The second kappa shape index (κ2) is 5.76. The Kier molecular flexibility index (Phi) is 4.22. The lowest BCUT2D eigenvalue weighted by atomic mass is 10.2. The van der Waals surface area contributed by atoms with Crippen LogP contribution in [0.3, 0.4) is 0 Å². The van der Waals surface area contributed by atoms with Gasteiger partial charge in [0, 0.05) is 0 Å². The maximum atomic E-state index is 9.97. The van der Waals surface area contributed by atoms with Crippen molar-refractivity contribution in [2.75, 3.05) is 6.61 Å². The van der Waals surface area contributed by atoms with Gasteiger partial charge in [-0.05, 0) is 24.6 Å². The fourth-order valence-electron chi connectivity index (χ4n) is 0.957. The molecule has 0 heterocycles. The molecule has 0 aromatic heterocycles. The molecule has 0 amide bonds. The van der Waals surface area contributed by atoms with Crippen molar-refractivity contribution < 1.29 is 4.74 Å². The Morgan fingerprint density at radius 3 is 2.64 bits per heavy atom. The van der Waals surface area contributed by atoms with E-state index in [-0.39, 0.29) is 6.54 Å². The molecule has 1 aromatic carbocycles. The van der Waals surface area contributed by atoms with E-state index in [1.807, 2.05) is 12.1 Å². The van der Waals surface area contributed by atoms with Gasteiger partial charge in [0.2, 0.25) is 0 Å². The number of hydrogen-bond donors (Lipinski definition) is 0. The van der Waals surface area contributed by atoms with Crippen molar-refractivity contribution >= 4 is 0 Å². The molecule has 72 valence electrons. The summed E-state index contributed by atoms with van der Waals surface area (Å²) in [7, 11) is 0. The molecule has 0 N–H and O–H groups in total. The van der Waals surface area contributed by atoms with Crippen molar-refractivity contribution in [1.29, 1.82) is 0 Å². The lowest BCUT2D eigenvalue weighted by Gasteiger charge is -2.01. The monoisotopic (exact) mass is 189 g/mol. The summed E-state index contributed by atoms with van der Waals surface area (Å²) in [4.78, 5) is 9.97. The lowest BCUT2D eigenvalue weighted by molar-refractivity contribution is 0.370. The van der Waals surface area contributed by atoms with Crippen molar-refractivity contribution in [2.24, 2.45) is 5.18 Å². The molecule has 0 aliphatic rings. The van der Waals surface area contributed by atoms with Crippen molar-refractivity contribution in [3.63, 3.8) is 0 Å². The van der Waals surface area contributed by atoms with Crippen LogP contribution < -0.4 is 4.74 Å².